The molecule has 0 saturated carbocycles. The SMILES string of the molecule is C[C@H](NC(=O)[C@H]1CC(=O)N(Cc2cccc(C(F)(F)F)c2)C1)c1ccc(C#N)cc1. The largest absolute Gasteiger partial charge is 0.416 e. The zero-order valence-corrected chi connectivity index (χ0v) is 16.2. The zero-order chi connectivity index (χ0) is 21.9. The molecule has 0 aromatic heterocycles. The molecule has 0 radical (unpaired) electrons. The van der Waals surface area contributed by atoms with Gasteiger partial charge in [-0.1, -0.05) is 24.3 Å². The molecule has 1 saturated heterocycles. The Morgan fingerprint density at radius 2 is 1.97 bits per heavy atom. The molecule has 0 bridgehead atoms. The average Bonchev–Trinajstić information content (AvgIpc) is 3.08. The third-order valence-corrected chi connectivity index (χ3v) is 5.11. The minimum absolute atomic E-state index is 0.0187. The Labute approximate surface area is 172 Å². The maximum absolute atomic E-state index is 12.9. The molecular formula is C22H20F3N3O2. The van der Waals surface area contributed by atoms with Gasteiger partial charge in [0.05, 0.1) is 29.2 Å². The number of benzene rings is 2. The van der Waals surface area contributed by atoms with Gasteiger partial charge in [0, 0.05) is 19.5 Å². The quantitative estimate of drug-likeness (QED) is 0.807. The summed E-state index contributed by atoms with van der Waals surface area (Å²) in [5.41, 5.74) is 0.943. The van der Waals surface area contributed by atoms with Crippen molar-refractivity contribution >= 4 is 11.8 Å². The van der Waals surface area contributed by atoms with Crippen LogP contribution in [0.4, 0.5) is 13.2 Å². The molecule has 0 aliphatic carbocycles. The number of carbonyl (C=O) groups excluding carboxylic acids is 2. The van der Waals surface area contributed by atoms with Gasteiger partial charge in [-0.05, 0) is 42.3 Å². The molecule has 1 N–H and O–H groups in total. The van der Waals surface area contributed by atoms with Crippen LogP contribution in [0.5, 0.6) is 0 Å². The third-order valence-electron chi connectivity index (χ3n) is 5.11. The minimum Gasteiger partial charge on any atom is -0.349 e. The molecule has 0 spiro atoms. The molecule has 1 aliphatic heterocycles. The van der Waals surface area contributed by atoms with Crippen LogP contribution in [0.25, 0.3) is 0 Å². The summed E-state index contributed by atoms with van der Waals surface area (Å²) in [4.78, 5) is 26.3. The number of hydrogen-bond acceptors (Lipinski definition) is 3. The summed E-state index contributed by atoms with van der Waals surface area (Å²) in [6.45, 7) is 1.98. The first kappa shape index (κ1) is 21.4. The molecule has 2 aromatic rings. The van der Waals surface area contributed by atoms with Gasteiger partial charge < -0.3 is 10.2 Å². The molecule has 3 rings (SSSR count). The van der Waals surface area contributed by atoms with Crippen LogP contribution in [0.15, 0.2) is 48.5 Å². The molecule has 0 unspecified atom stereocenters. The van der Waals surface area contributed by atoms with E-state index in [1.807, 2.05) is 6.07 Å². The van der Waals surface area contributed by atoms with Crippen LogP contribution in [-0.4, -0.2) is 23.3 Å². The topological polar surface area (TPSA) is 73.2 Å². The first-order valence-corrected chi connectivity index (χ1v) is 9.41. The lowest BCUT2D eigenvalue weighted by Gasteiger charge is -2.19. The monoisotopic (exact) mass is 415 g/mol. The Hall–Kier alpha value is -3.34. The van der Waals surface area contributed by atoms with Crippen molar-refractivity contribution in [2.24, 2.45) is 5.92 Å². The van der Waals surface area contributed by atoms with E-state index in [2.05, 4.69) is 5.32 Å². The first-order chi connectivity index (χ1) is 14.2. The molecule has 2 amide bonds. The van der Waals surface area contributed by atoms with Gasteiger partial charge in [0.15, 0.2) is 0 Å². The summed E-state index contributed by atoms with van der Waals surface area (Å²) in [6.07, 6.45) is -4.43. The Kier molecular flexibility index (Phi) is 6.11. The maximum atomic E-state index is 12.9. The zero-order valence-electron chi connectivity index (χ0n) is 16.2. The van der Waals surface area contributed by atoms with Crippen LogP contribution in [0.1, 0.15) is 41.6 Å². The highest BCUT2D eigenvalue weighted by Gasteiger charge is 2.35. The van der Waals surface area contributed by atoms with E-state index in [-0.39, 0.29) is 37.4 Å². The second-order valence-electron chi connectivity index (χ2n) is 7.34. The average molecular weight is 415 g/mol. The first-order valence-electron chi connectivity index (χ1n) is 9.41. The highest BCUT2D eigenvalue weighted by molar-refractivity contribution is 5.89. The second-order valence-corrected chi connectivity index (χ2v) is 7.34. The molecule has 2 aromatic carbocycles. The number of nitriles is 1. The predicted molar refractivity (Wildman–Crippen MR) is 103 cm³/mol. The van der Waals surface area contributed by atoms with Crippen LogP contribution in [0.2, 0.25) is 0 Å². The van der Waals surface area contributed by atoms with E-state index >= 15 is 0 Å². The van der Waals surface area contributed by atoms with Crippen molar-refractivity contribution in [3.8, 4) is 6.07 Å². The molecule has 2 atom stereocenters. The van der Waals surface area contributed by atoms with Crippen molar-refractivity contribution in [2.45, 2.75) is 32.1 Å². The number of likely N-dealkylation sites (tertiary alicyclic amines) is 1. The van der Waals surface area contributed by atoms with Gasteiger partial charge in [-0.15, -0.1) is 0 Å². The Morgan fingerprint density at radius 1 is 1.27 bits per heavy atom. The summed E-state index contributed by atoms with van der Waals surface area (Å²) in [5.74, 6) is -1.12. The number of carbonyl (C=O) groups is 2. The molecule has 156 valence electrons. The van der Waals surface area contributed by atoms with Gasteiger partial charge in [0.1, 0.15) is 0 Å². The normalized spacial score (nSPS) is 17.5. The molecule has 1 heterocycles. The number of halogens is 3. The fourth-order valence-corrected chi connectivity index (χ4v) is 3.43. The van der Waals surface area contributed by atoms with Crippen molar-refractivity contribution in [3.05, 3.63) is 70.8 Å². The molecular weight excluding hydrogens is 395 g/mol. The van der Waals surface area contributed by atoms with Gasteiger partial charge in [0.2, 0.25) is 11.8 Å². The van der Waals surface area contributed by atoms with Crippen LogP contribution in [0.3, 0.4) is 0 Å². The summed E-state index contributed by atoms with van der Waals surface area (Å²) in [7, 11) is 0. The highest BCUT2D eigenvalue weighted by atomic mass is 19.4. The Morgan fingerprint density at radius 3 is 2.60 bits per heavy atom. The second kappa shape index (κ2) is 8.57. The fraction of sp³-hybridized carbons (Fsp3) is 0.318. The van der Waals surface area contributed by atoms with E-state index in [4.69, 9.17) is 5.26 Å². The van der Waals surface area contributed by atoms with Gasteiger partial charge in [-0.3, -0.25) is 9.59 Å². The van der Waals surface area contributed by atoms with E-state index in [9.17, 15) is 22.8 Å². The molecule has 1 fully saturated rings. The molecule has 1 aliphatic rings. The van der Waals surface area contributed by atoms with Gasteiger partial charge in [-0.25, -0.2) is 0 Å². The molecule has 5 nitrogen and oxygen atoms in total. The van der Waals surface area contributed by atoms with Gasteiger partial charge in [-0.2, -0.15) is 18.4 Å². The number of amides is 2. The van der Waals surface area contributed by atoms with E-state index in [1.165, 1.54) is 17.0 Å². The highest BCUT2D eigenvalue weighted by Crippen LogP contribution is 2.30. The van der Waals surface area contributed by atoms with E-state index in [1.54, 1.807) is 31.2 Å². The van der Waals surface area contributed by atoms with E-state index < -0.39 is 17.7 Å². The van der Waals surface area contributed by atoms with Gasteiger partial charge in [0.25, 0.3) is 0 Å². The lowest BCUT2D eigenvalue weighted by molar-refractivity contribution is -0.137. The van der Waals surface area contributed by atoms with Crippen LogP contribution in [-0.2, 0) is 22.3 Å². The summed E-state index contributed by atoms with van der Waals surface area (Å²) >= 11 is 0. The summed E-state index contributed by atoms with van der Waals surface area (Å²) in [6, 6.07) is 13.4. The molecule has 30 heavy (non-hydrogen) atoms. The van der Waals surface area contributed by atoms with Crippen LogP contribution >= 0.6 is 0 Å². The summed E-state index contributed by atoms with van der Waals surface area (Å²) < 4.78 is 38.6. The number of alkyl halides is 3. The van der Waals surface area contributed by atoms with Crippen molar-refractivity contribution in [1.29, 1.82) is 5.26 Å². The van der Waals surface area contributed by atoms with Crippen molar-refractivity contribution < 1.29 is 22.8 Å². The third kappa shape index (κ3) is 4.98. The van der Waals surface area contributed by atoms with Crippen molar-refractivity contribution in [1.82, 2.24) is 10.2 Å². The van der Waals surface area contributed by atoms with Crippen molar-refractivity contribution in [3.63, 3.8) is 0 Å². The standard InChI is InChI=1S/C22H20F3N3O2/c1-14(17-7-5-15(11-26)6-8-17)27-21(30)18-10-20(29)28(13-18)12-16-3-2-4-19(9-16)22(23,24)25/h2-9,14,18H,10,12-13H2,1H3,(H,27,30)/t14-,18-/m0/s1. The summed E-state index contributed by atoms with van der Waals surface area (Å²) in [5, 5.41) is 11.7. The minimum atomic E-state index is -4.45. The predicted octanol–water partition coefficient (Wildman–Crippen LogP) is 3.80. The Balaban J connectivity index is 1.61. The lowest BCUT2D eigenvalue weighted by Crippen LogP contribution is -2.34. The number of hydrogen-bond donors (Lipinski definition) is 1. The van der Waals surface area contributed by atoms with Gasteiger partial charge >= 0.3 is 6.18 Å². The van der Waals surface area contributed by atoms with E-state index in [0.717, 1.165) is 17.7 Å². The van der Waals surface area contributed by atoms with Crippen molar-refractivity contribution in [2.75, 3.05) is 6.54 Å². The number of nitrogens with one attached hydrogen (secondary N) is 1. The van der Waals surface area contributed by atoms with Crippen LogP contribution < -0.4 is 5.32 Å². The number of rotatable bonds is 5. The van der Waals surface area contributed by atoms with Crippen LogP contribution in [0, 0.1) is 17.2 Å². The van der Waals surface area contributed by atoms with E-state index in [0.29, 0.717) is 11.1 Å². The number of nitrogens with zero attached hydrogens (tertiary/aromatic N) is 2. The smallest absolute Gasteiger partial charge is 0.349 e. The fourth-order valence-electron chi connectivity index (χ4n) is 3.43. The lowest BCUT2D eigenvalue weighted by atomic mass is 10.0. The maximum Gasteiger partial charge on any atom is 0.416 e. The Bertz CT molecular complexity index is 980. The molecule has 8 heteroatoms.